The van der Waals surface area contributed by atoms with Gasteiger partial charge in [-0.25, -0.2) is 4.99 Å². The molecule has 0 saturated heterocycles. The third-order valence-corrected chi connectivity index (χ3v) is 9.46. The molecular weight excluding hydrogens is 679 g/mol. The summed E-state index contributed by atoms with van der Waals surface area (Å²) in [7, 11) is 0. The van der Waals surface area contributed by atoms with Crippen LogP contribution in [-0.2, 0) is 17.6 Å². The van der Waals surface area contributed by atoms with Crippen molar-refractivity contribution in [1.29, 1.82) is 0 Å². The number of ether oxygens (including phenoxy) is 3. The summed E-state index contributed by atoms with van der Waals surface area (Å²) >= 11 is 11.7. The Morgan fingerprint density at radius 3 is 1.69 bits per heavy atom. The van der Waals surface area contributed by atoms with E-state index in [2.05, 4.69) is 50.2 Å². The van der Waals surface area contributed by atoms with E-state index in [1.165, 1.54) is 62.5 Å². The Balaban J connectivity index is 0.000000482. The Hall–Kier alpha value is -1.70. The number of aliphatic imine (C=N–C) groups is 1. The van der Waals surface area contributed by atoms with E-state index in [4.69, 9.17) is 48.1 Å². The number of aliphatic hydroxyl groups excluding tert-OH is 1. The average molecular weight is 744 g/mol. The lowest BCUT2D eigenvalue weighted by Gasteiger charge is -2.26. The fourth-order valence-corrected chi connectivity index (χ4v) is 6.46. The summed E-state index contributed by atoms with van der Waals surface area (Å²) in [6.07, 6.45) is 17.6. The van der Waals surface area contributed by atoms with Crippen molar-refractivity contribution in [1.82, 2.24) is 0 Å². The summed E-state index contributed by atoms with van der Waals surface area (Å²) < 4.78 is 17.2. The summed E-state index contributed by atoms with van der Waals surface area (Å²) in [5.41, 5.74) is 7.94. The number of hydrogen-bond acceptors (Lipinski definition) is 6. The number of alkyl halides is 2. The molecule has 0 radical (unpaired) electrons. The largest absolute Gasteiger partial charge is 0.494 e. The lowest BCUT2D eigenvalue weighted by molar-refractivity contribution is 0.183. The highest BCUT2D eigenvalue weighted by atomic mass is 35.5. The lowest BCUT2D eigenvalue weighted by atomic mass is 9.90. The summed E-state index contributed by atoms with van der Waals surface area (Å²) in [5.74, 6) is 3.76. The molecule has 0 aliphatic carbocycles. The Bertz CT molecular complexity index is 1120. The predicted molar refractivity (Wildman–Crippen MR) is 212 cm³/mol. The molecule has 0 spiro atoms. The Labute approximate surface area is 314 Å². The van der Waals surface area contributed by atoms with Crippen LogP contribution in [0.25, 0.3) is 0 Å². The zero-order chi connectivity index (χ0) is 34.9. The van der Waals surface area contributed by atoms with Gasteiger partial charge < -0.3 is 25.1 Å². The van der Waals surface area contributed by atoms with Crippen molar-refractivity contribution in [2.75, 3.05) is 38.2 Å². The van der Waals surface area contributed by atoms with Crippen molar-refractivity contribution in [3.8, 4) is 11.5 Å². The average Bonchev–Trinajstić information content (AvgIpc) is 3.47. The van der Waals surface area contributed by atoms with Gasteiger partial charge >= 0.3 is 0 Å². The monoisotopic (exact) mass is 742 g/mol. The minimum Gasteiger partial charge on any atom is -0.494 e. The molecule has 9 heteroatoms. The fraction of sp³-hybridized carbons (Fsp3) is 0.675. The minimum absolute atomic E-state index is 0. The summed E-state index contributed by atoms with van der Waals surface area (Å²) in [6, 6.07) is 16.7. The van der Waals surface area contributed by atoms with Crippen molar-refractivity contribution < 1.29 is 19.3 Å². The fourth-order valence-electron chi connectivity index (χ4n) is 5.73. The van der Waals surface area contributed by atoms with Gasteiger partial charge in [-0.1, -0.05) is 89.5 Å². The maximum Gasteiger partial charge on any atom is 0.180 e. The summed E-state index contributed by atoms with van der Waals surface area (Å²) in [4.78, 5) is 4.70. The molecule has 2 aromatic carbocycles. The maximum absolute atomic E-state index is 9.41. The van der Waals surface area contributed by atoms with Crippen LogP contribution in [0.3, 0.4) is 0 Å². The zero-order valence-electron chi connectivity index (χ0n) is 30.5. The molecule has 2 atom stereocenters. The van der Waals surface area contributed by atoms with Crippen LogP contribution in [-0.4, -0.2) is 60.3 Å². The van der Waals surface area contributed by atoms with E-state index >= 15 is 0 Å². The third kappa shape index (κ3) is 19.5. The standard InChI is InChI=1S/C21H32ClNO2.C19H32ClNO2.ClH/c1-3-4-5-6-7-16-24-20-10-8-19(9-11-20)12-13-21(14-15-22)17-25-18(2)23-21;1-2-3-4-5-6-15-23-18-9-7-17(8-10-18)11-12-19(21,16-22)13-14-20;/h8-11H,3-7,12-17H2,1-2H3;7-10,22H,2-6,11-16,21H2,1H3;1H. The topological polar surface area (TPSA) is 86.3 Å². The molecule has 0 bridgehead atoms. The second-order valence-corrected chi connectivity index (χ2v) is 14.1. The van der Waals surface area contributed by atoms with E-state index in [1.54, 1.807) is 0 Å². The molecule has 1 aliphatic heterocycles. The highest BCUT2D eigenvalue weighted by Gasteiger charge is 2.34. The molecule has 2 unspecified atom stereocenters. The third-order valence-electron chi connectivity index (χ3n) is 9.08. The Morgan fingerprint density at radius 1 is 0.755 bits per heavy atom. The first-order valence-corrected chi connectivity index (χ1v) is 19.5. The van der Waals surface area contributed by atoms with Crippen molar-refractivity contribution in [3.05, 3.63) is 59.7 Å². The first-order valence-electron chi connectivity index (χ1n) is 18.5. The molecule has 280 valence electrons. The van der Waals surface area contributed by atoms with Gasteiger partial charge in [0.1, 0.15) is 18.1 Å². The van der Waals surface area contributed by atoms with E-state index in [-0.39, 0.29) is 24.6 Å². The number of rotatable bonds is 25. The molecule has 1 heterocycles. The maximum atomic E-state index is 9.41. The zero-order valence-corrected chi connectivity index (χ0v) is 32.9. The molecule has 0 saturated carbocycles. The molecule has 6 nitrogen and oxygen atoms in total. The molecule has 3 N–H and O–H groups in total. The van der Waals surface area contributed by atoms with Crippen molar-refractivity contribution in [2.45, 2.75) is 135 Å². The van der Waals surface area contributed by atoms with Gasteiger partial charge in [0, 0.05) is 24.2 Å². The smallest absolute Gasteiger partial charge is 0.180 e. The van der Waals surface area contributed by atoms with Crippen LogP contribution in [0, 0.1) is 0 Å². The minimum atomic E-state index is -0.574. The lowest BCUT2D eigenvalue weighted by Crippen LogP contribution is -2.44. The number of halogens is 3. The number of benzene rings is 2. The van der Waals surface area contributed by atoms with Gasteiger partial charge in [0.15, 0.2) is 5.90 Å². The van der Waals surface area contributed by atoms with Gasteiger partial charge in [-0.2, -0.15) is 0 Å². The first kappa shape index (κ1) is 45.3. The van der Waals surface area contributed by atoms with Crippen molar-refractivity contribution in [3.63, 3.8) is 0 Å². The summed E-state index contributed by atoms with van der Waals surface area (Å²) in [5, 5.41) is 9.41. The quantitative estimate of drug-likeness (QED) is 0.0781. The Kier molecular flexibility index (Phi) is 25.0. The number of aryl methyl sites for hydroxylation is 2. The van der Waals surface area contributed by atoms with E-state index in [9.17, 15) is 5.11 Å². The van der Waals surface area contributed by atoms with Crippen LogP contribution in [0.1, 0.15) is 122 Å². The number of hydrogen-bond donors (Lipinski definition) is 2. The van der Waals surface area contributed by atoms with Gasteiger partial charge in [0.05, 0.1) is 25.4 Å². The Morgan fingerprint density at radius 2 is 1.27 bits per heavy atom. The van der Waals surface area contributed by atoms with E-state index < -0.39 is 5.54 Å². The number of aliphatic hydroxyl groups is 1. The molecule has 2 aromatic rings. The van der Waals surface area contributed by atoms with Crippen LogP contribution in [0.4, 0.5) is 0 Å². The van der Waals surface area contributed by atoms with Crippen LogP contribution >= 0.6 is 35.6 Å². The van der Waals surface area contributed by atoms with Crippen LogP contribution in [0.5, 0.6) is 11.5 Å². The molecule has 0 aromatic heterocycles. The number of nitrogens with zero attached hydrogens (tertiary/aromatic N) is 1. The van der Waals surface area contributed by atoms with Crippen molar-refractivity contribution >= 4 is 41.5 Å². The number of nitrogens with two attached hydrogens (primary N) is 1. The van der Waals surface area contributed by atoms with Gasteiger partial charge in [0.25, 0.3) is 0 Å². The molecule has 0 fully saturated rings. The van der Waals surface area contributed by atoms with Gasteiger partial charge in [-0.15, -0.1) is 35.6 Å². The first-order chi connectivity index (χ1) is 23.3. The normalized spacial score (nSPS) is 16.4. The van der Waals surface area contributed by atoms with Crippen molar-refractivity contribution in [2.24, 2.45) is 10.7 Å². The van der Waals surface area contributed by atoms with E-state index in [1.807, 2.05) is 19.1 Å². The highest BCUT2D eigenvalue weighted by Crippen LogP contribution is 2.29. The second-order valence-electron chi connectivity index (χ2n) is 13.4. The summed E-state index contributed by atoms with van der Waals surface area (Å²) in [6.45, 7) is 8.61. The van der Waals surface area contributed by atoms with Gasteiger partial charge in [0.2, 0.25) is 0 Å². The molecule has 1 aliphatic rings. The number of unbranched alkanes of at least 4 members (excludes halogenated alkanes) is 8. The SMILES string of the molecule is CCCCCCCOc1ccc(CCC(N)(CO)CCCl)cc1.CCCCCCCOc1ccc(CCC2(CCCl)COC(C)=N2)cc1.Cl. The molecule has 3 rings (SSSR count). The van der Waals surface area contributed by atoms with Gasteiger partial charge in [-0.05, 0) is 86.8 Å². The highest BCUT2D eigenvalue weighted by molar-refractivity contribution is 6.18. The van der Waals surface area contributed by atoms with Gasteiger partial charge in [-0.3, -0.25) is 0 Å². The molecular formula is C40H65Cl3N2O4. The predicted octanol–water partition coefficient (Wildman–Crippen LogP) is 10.5. The molecule has 49 heavy (non-hydrogen) atoms. The van der Waals surface area contributed by atoms with E-state index in [0.717, 1.165) is 75.6 Å². The van der Waals surface area contributed by atoms with Crippen LogP contribution in [0.2, 0.25) is 0 Å². The second kappa shape index (κ2) is 27.0. The molecule has 0 amide bonds. The van der Waals surface area contributed by atoms with Crippen LogP contribution < -0.4 is 15.2 Å². The van der Waals surface area contributed by atoms with Crippen LogP contribution in [0.15, 0.2) is 53.5 Å². The van der Waals surface area contributed by atoms with E-state index in [0.29, 0.717) is 24.8 Å².